The normalized spacial score (nSPS) is 22.2. The highest BCUT2D eigenvalue weighted by molar-refractivity contribution is 7.34. The van der Waals surface area contributed by atoms with Crippen molar-refractivity contribution in [3.05, 3.63) is 0 Å². The van der Waals surface area contributed by atoms with E-state index in [1.807, 2.05) is 6.82 Å². The highest BCUT2D eigenvalue weighted by Crippen LogP contribution is 2.27. The minimum atomic E-state index is 0.0772. The van der Waals surface area contributed by atoms with E-state index in [0.717, 1.165) is 0 Å². The van der Waals surface area contributed by atoms with Crippen LogP contribution < -0.4 is 0 Å². The molecule has 0 aromatic rings. The second kappa shape index (κ2) is 1.25. The first-order chi connectivity index (χ1) is 2.39. The third-order valence-corrected chi connectivity index (χ3v) is 1.28. The lowest BCUT2D eigenvalue weighted by atomic mass is 9.98. The van der Waals surface area contributed by atoms with E-state index in [2.05, 4.69) is 0 Å². The average molecular weight is 89.8 g/mol. The molecule has 1 saturated heterocycles. The van der Waals surface area contributed by atoms with Crippen molar-refractivity contribution in [2.75, 3.05) is 0 Å². The van der Waals surface area contributed by atoms with Crippen molar-refractivity contribution in [2.45, 2.75) is 6.82 Å². The predicted octanol–water partition coefficient (Wildman–Crippen LogP) is 0.660. The van der Waals surface area contributed by atoms with Crippen molar-refractivity contribution >= 4 is 16.2 Å². The molecular formula is CH4BO2P. The Morgan fingerprint density at radius 2 is 2.00 bits per heavy atom. The molecule has 1 fully saturated rings. The SMILES string of the molecule is CB1OPO1. The summed E-state index contributed by atoms with van der Waals surface area (Å²) in [5.41, 5.74) is 0. The predicted molar refractivity (Wildman–Crippen MR) is 22.1 cm³/mol. The van der Waals surface area contributed by atoms with Gasteiger partial charge in [0.25, 0.3) is 0 Å². The van der Waals surface area contributed by atoms with Gasteiger partial charge >= 0.3 is 7.12 Å². The van der Waals surface area contributed by atoms with Crippen LogP contribution in [0.3, 0.4) is 0 Å². The summed E-state index contributed by atoms with van der Waals surface area (Å²) in [5, 5.41) is 0. The standard InChI is InChI=1S/CH4BO2P/c1-2-3-5-4-2/h5H,1H3. The van der Waals surface area contributed by atoms with Gasteiger partial charge in [0, 0.05) is 0 Å². The summed E-state index contributed by atoms with van der Waals surface area (Å²) in [5.74, 6) is 0. The fourth-order valence-corrected chi connectivity index (χ4v) is 0.433. The van der Waals surface area contributed by atoms with E-state index >= 15 is 0 Å². The molecular weight excluding hydrogens is 85.8 g/mol. The van der Waals surface area contributed by atoms with Gasteiger partial charge in [-0.1, -0.05) is 0 Å². The topological polar surface area (TPSA) is 18.5 Å². The zero-order valence-corrected chi connectivity index (χ0v) is 3.89. The van der Waals surface area contributed by atoms with Gasteiger partial charge in [-0.15, -0.1) is 0 Å². The number of hydrogen-bond donors (Lipinski definition) is 0. The van der Waals surface area contributed by atoms with Crippen LogP contribution in [0.4, 0.5) is 0 Å². The Balaban J connectivity index is 2.08. The van der Waals surface area contributed by atoms with Gasteiger partial charge in [0.1, 0.15) is 9.03 Å². The van der Waals surface area contributed by atoms with Gasteiger partial charge in [-0.3, -0.25) is 0 Å². The maximum Gasteiger partial charge on any atom is 0.462 e. The van der Waals surface area contributed by atoms with Gasteiger partial charge in [-0.25, -0.2) is 0 Å². The molecule has 1 aliphatic heterocycles. The highest BCUT2D eigenvalue weighted by Gasteiger charge is 2.18. The molecule has 1 aliphatic rings. The molecule has 0 aliphatic carbocycles. The van der Waals surface area contributed by atoms with Crippen molar-refractivity contribution in [3.8, 4) is 0 Å². The zero-order chi connectivity index (χ0) is 3.70. The van der Waals surface area contributed by atoms with Gasteiger partial charge in [-0.2, -0.15) is 0 Å². The Labute approximate surface area is 32.9 Å². The first-order valence-electron chi connectivity index (χ1n) is 1.46. The van der Waals surface area contributed by atoms with Crippen LogP contribution in [0.15, 0.2) is 0 Å². The summed E-state index contributed by atoms with van der Waals surface area (Å²) in [6.07, 6.45) is 0. The van der Waals surface area contributed by atoms with E-state index < -0.39 is 0 Å². The molecule has 2 nitrogen and oxygen atoms in total. The Kier molecular flexibility index (Phi) is 0.901. The highest BCUT2D eigenvalue weighted by atomic mass is 31.1. The smallest absolute Gasteiger partial charge is 0.369 e. The van der Waals surface area contributed by atoms with Crippen LogP contribution in [0.25, 0.3) is 0 Å². The number of rotatable bonds is 0. The second-order valence-electron chi connectivity index (χ2n) is 0.887. The van der Waals surface area contributed by atoms with Crippen LogP contribution in [-0.4, -0.2) is 7.12 Å². The molecule has 0 aromatic heterocycles. The Morgan fingerprint density at radius 1 is 1.60 bits per heavy atom. The average Bonchev–Trinajstić information content (AvgIpc) is 1.30. The van der Waals surface area contributed by atoms with E-state index in [0.29, 0.717) is 9.03 Å². The first-order valence-corrected chi connectivity index (χ1v) is 2.27. The molecule has 0 saturated carbocycles. The maximum atomic E-state index is 4.74. The molecule has 0 radical (unpaired) electrons. The molecule has 0 amide bonds. The molecule has 0 spiro atoms. The van der Waals surface area contributed by atoms with Crippen LogP contribution >= 0.6 is 9.03 Å². The van der Waals surface area contributed by atoms with Gasteiger partial charge in [-0.05, 0) is 6.82 Å². The summed E-state index contributed by atoms with van der Waals surface area (Å²) < 4.78 is 9.47. The zero-order valence-electron chi connectivity index (χ0n) is 2.89. The molecule has 1 rings (SSSR count). The molecule has 0 atom stereocenters. The lowest BCUT2D eigenvalue weighted by Gasteiger charge is -2.17. The van der Waals surface area contributed by atoms with Crippen LogP contribution in [0.5, 0.6) is 0 Å². The molecule has 5 heavy (non-hydrogen) atoms. The Bertz CT molecular complexity index is 36.6. The minimum Gasteiger partial charge on any atom is -0.369 e. The van der Waals surface area contributed by atoms with Crippen molar-refractivity contribution in [2.24, 2.45) is 0 Å². The lowest BCUT2D eigenvalue weighted by molar-refractivity contribution is 0.376. The summed E-state index contributed by atoms with van der Waals surface area (Å²) in [7, 11) is 0.378. The molecule has 0 N–H and O–H groups in total. The maximum absolute atomic E-state index is 4.74. The summed E-state index contributed by atoms with van der Waals surface area (Å²) in [4.78, 5) is 0. The van der Waals surface area contributed by atoms with Crippen molar-refractivity contribution in [1.29, 1.82) is 0 Å². The van der Waals surface area contributed by atoms with Crippen LogP contribution in [0.1, 0.15) is 0 Å². The largest absolute Gasteiger partial charge is 0.462 e. The van der Waals surface area contributed by atoms with E-state index in [1.54, 1.807) is 0 Å². The Hall–Kier alpha value is 0.415. The van der Waals surface area contributed by atoms with Crippen molar-refractivity contribution in [3.63, 3.8) is 0 Å². The van der Waals surface area contributed by atoms with E-state index in [4.69, 9.17) is 8.88 Å². The third kappa shape index (κ3) is 0.626. The molecule has 0 unspecified atom stereocenters. The minimum absolute atomic E-state index is 0.0772. The van der Waals surface area contributed by atoms with Gasteiger partial charge in [0.05, 0.1) is 0 Å². The van der Waals surface area contributed by atoms with E-state index in [-0.39, 0.29) is 7.12 Å². The van der Waals surface area contributed by atoms with Crippen molar-refractivity contribution in [1.82, 2.24) is 0 Å². The number of hydrogen-bond acceptors (Lipinski definition) is 2. The fourth-order valence-electron chi connectivity index (χ4n) is 0.144. The van der Waals surface area contributed by atoms with Crippen LogP contribution in [-0.2, 0) is 8.88 Å². The van der Waals surface area contributed by atoms with Gasteiger partial charge in [0.2, 0.25) is 0 Å². The Morgan fingerprint density at radius 3 is 2.00 bits per heavy atom. The van der Waals surface area contributed by atoms with Crippen LogP contribution in [0, 0.1) is 0 Å². The van der Waals surface area contributed by atoms with Gasteiger partial charge < -0.3 is 8.88 Å². The first kappa shape index (κ1) is 3.60. The molecule has 0 bridgehead atoms. The summed E-state index contributed by atoms with van der Waals surface area (Å²) in [6, 6.07) is 0. The molecule has 1 heterocycles. The fraction of sp³-hybridized carbons (Fsp3) is 1.00. The third-order valence-electron chi connectivity index (χ3n) is 0.428. The van der Waals surface area contributed by atoms with Crippen LogP contribution in [0.2, 0.25) is 6.82 Å². The summed E-state index contributed by atoms with van der Waals surface area (Å²) >= 11 is 0. The lowest BCUT2D eigenvalue weighted by Crippen LogP contribution is -2.18. The van der Waals surface area contributed by atoms with Gasteiger partial charge in [0.15, 0.2) is 0 Å². The van der Waals surface area contributed by atoms with Crippen molar-refractivity contribution < 1.29 is 8.88 Å². The monoisotopic (exact) mass is 90.0 g/mol. The van der Waals surface area contributed by atoms with E-state index in [9.17, 15) is 0 Å². The quantitative estimate of drug-likeness (QED) is 0.321. The molecule has 0 aromatic carbocycles. The molecule has 4 heteroatoms. The summed E-state index contributed by atoms with van der Waals surface area (Å²) in [6.45, 7) is 1.87. The second-order valence-corrected chi connectivity index (χ2v) is 1.52. The van der Waals surface area contributed by atoms with E-state index in [1.165, 1.54) is 0 Å². The molecule has 28 valence electrons.